The molecule has 0 aliphatic carbocycles. The first-order valence-electron chi connectivity index (χ1n) is 5.72. The van der Waals surface area contributed by atoms with Crippen molar-refractivity contribution in [1.29, 1.82) is 0 Å². The molecule has 0 fully saturated rings. The van der Waals surface area contributed by atoms with Gasteiger partial charge in [0.25, 0.3) is 5.91 Å². The maximum atomic E-state index is 12.0. The number of carbonyl (C=O) groups is 1. The lowest BCUT2D eigenvalue weighted by Gasteiger charge is -2.21. The van der Waals surface area contributed by atoms with Gasteiger partial charge in [-0.25, -0.2) is 0 Å². The van der Waals surface area contributed by atoms with Crippen molar-refractivity contribution < 1.29 is 4.79 Å². The first-order valence-corrected chi connectivity index (χ1v) is 5.72. The predicted octanol–water partition coefficient (Wildman–Crippen LogP) is 3.08. The number of benzene rings is 1. The smallest absolute Gasteiger partial charge is 0.253 e. The Balaban J connectivity index is 3.04. The highest BCUT2D eigenvalue weighted by molar-refractivity contribution is 5.94. The molecule has 2 heteroatoms. The van der Waals surface area contributed by atoms with E-state index >= 15 is 0 Å². The summed E-state index contributed by atoms with van der Waals surface area (Å²) in [5.41, 5.74) is 2.06. The van der Waals surface area contributed by atoms with E-state index in [1.165, 1.54) is 5.56 Å². The zero-order chi connectivity index (χ0) is 12.3. The van der Waals surface area contributed by atoms with Crippen molar-refractivity contribution >= 4 is 5.91 Å². The Labute approximate surface area is 98.3 Å². The molecular formula is C14H21NO. The molecule has 1 aromatic rings. The number of hydrogen-bond acceptors (Lipinski definition) is 1. The van der Waals surface area contributed by atoms with Crippen molar-refractivity contribution in [1.82, 2.24) is 4.90 Å². The van der Waals surface area contributed by atoms with Crippen molar-refractivity contribution in [3.05, 3.63) is 35.4 Å². The van der Waals surface area contributed by atoms with Crippen LogP contribution in [0.15, 0.2) is 24.3 Å². The van der Waals surface area contributed by atoms with Crippen LogP contribution in [-0.2, 0) is 5.41 Å². The first kappa shape index (κ1) is 12.8. The molecule has 0 saturated heterocycles. The predicted molar refractivity (Wildman–Crippen MR) is 67.8 cm³/mol. The quantitative estimate of drug-likeness (QED) is 0.748. The molecule has 0 aliphatic heterocycles. The molecular weight excluding hydrogens is 198 g/mol. The molecule has 0 N–H and O–H groups in total. The molecule has 16 heavy (non-hydrogen) atoms. The third kappa shape index (κ3) is 2.84. The fraction of sp³-hybridized carbons (Fsp3) is 0.500. The summed E-state index contributed by atoms with van der Waals surface area (Å²) in [5, 5.41) is 0. The Morgan fingerprint density at radius 2 is 1.94 bits per heavy atom. The minimum Gasteiger partial charge on any atom is -0.342 e. The van der Waals surface area contributed by atoms with Gasteiger partial charge in [0.15, 0.2) is 0 Å². The van der Waals surface area contributed by atoms with Crippen LogP contribution in [-0.4, -0.2) is 24.4 Å². The van der Waals surface area contributed by atoms with E-state index in [-0.39, 0.29) is 11.3 Å². The van der Waals surface area contributed by atoms with Crippen LogP contribution in [0, 0.1) is 0 Å². The van der Waals surface area contributed by atoms with Gasteiger partial charge < -0.3 is 4.90 Å². The average Bonchev–Trinajstić information content (AvgIpc) is 2.26. The Morgan fingerprint density at radius 1 is 1.31 bits per heavy atom. The van der Waals surface area contributed by atoms with Crippen molar-refractivity contribution in [2.45, 2.75) is 33.1 Å². The SMILES string of the molecule is CCN(C)C(=O)c1cccc(C(C)(C)C)c1. The fourth-order valence-electron chi connectivity index (χ4n) is 1.48. The van der Waals surface area contributed by atoms with E-state index in [2.05, 4.69) is 26.8 Å². The van der Waals surface area contributed by atoms with E-state index < -0.39 is 0 Å². The minimum absolute atomic E-state index is 0.0844. The average molecular weight is 219 g/mol. The second-order valence-electron chi connectivity index (χ2n) is 5.15. The summed E-state index contributed by atoms with van der Waals surface area (Å²) < 4.78 is 0. The van der Waals surface area contributed by atoms with E-state index in [0.29, 0.717) is 0 Å². The highest BCUT2D eigenvalue weighted by Gasteiger charge is 2.16. The molecule has 0 unspecified atom stereocenters. The van der Waals surface area contributed by atoms with E-state index in [9.17, 15) is 4.79 Å². The van der Waals surface area contributed by atoms with Gasteiger partial charge in [0, 0.05) is 19.2 Å². The second-order valence-corrected chi connectivity index (χ2v) is 5.15. The third-order valence-corrected chi connectivity index (χ3v) is 2.80. The fourth-order valence-corrected chi connectivity index (χ4v) is 1.48. The second kappa shape index (κ2) is 4.69. The summed E-state index contributed by atoms with van der Waals surface area (Å²) >= 11 is 0. The lowest BCUT2D eigenvalue weighted by molar-refractivity contribution is 0.0802. The molecule has 0 bridgehead atoms. The zero-order valence-electron chi connectivity index (χ0n) is 10.9. The van der Waals surface area contributed by atoms with Crippen LogP contribution >= 0.6 is 0 Å². The van der Waals surface area contributed by atoms with Crippen LogP contribution in [0.4, 0.5) is 0 Å². The highest BCUT2D eigenvalue weighted by Crippen LogP contribution is 2.23. The van der Waals surface area contributed by atoms with Crippen molar-refractivity contribution in [2.75, 3.05) is 13.6 Å². The molecule has 2 nitrogen and oxygen atoms in total. The summed E-state index contributed by atoms with van der Waals surface area (Å²) in [6.45, 7) is 9.17. The zero-order valence-corrected chi connectivity index (χ0v) is 10.9. The number of rotatable bonds is 2. The van der Waals surface area contributed by atoms with Gasteiger partial charge in [-0.2, -0.15) is 0 Å². The van der Waals surface area contributed by atoms with Gasteiger partial charge in [0.2, 0.25) is 0 Å². The molecule has 0 saturated carbocycles. The van der Waals surface area contributed by atoms with Gasteiger partial charge in [-0.15, -0.1) is 0 Å². The van der Waals surface area contributed by atoms with Gasteiger partial charge in [0.1, 0.15) is 0 Å². The minimum atomic E-state index is 0.0844. The Hall–Kier alpha value is -1.31. The molecule has 0 atom stereocenters. The molecule has 0 heterocycles. The normalized spacial score (nSPS) is 11.3. The summed E-state index contributed by atoms with van der Waals surface area (Å²) in [5.74, 6) is 0.0913. The maximum Gasteiger partial charge on any atom is 0.253 e. The van der Waals surface area contributed by atoms with E-state index in [4.69, 9.17) is 0 Å². The number of hydrogen-bond donors (Lipinski definition) is 0. The van der Waals surface area contributed by atoms with Crippen molar-refractivity contribution in [3.63, 3.8) is 0 Å². The first-order chi connectivity index (χ1) is 7.36. The molecule has 1 rings (SSSR count). The largest absolute Gasteiger partial charge is 0.342 e. The number of nitrogens with zero attached hydrogens (tertiary/aromatic N) is 1. The monoisotopic (exact) mass is 219 g/mol. The van der Waals surface area contributed by atoms with Gasteiger partial charge in [-0.05, 0) is 30.0 Å². The van der Waals surface area contributed by atoms with Gasteiger partial charge >= 0.3 is 0 Å². The summed E-state index contributed by atoms with van der Waals surface area (Å²) in [6, 6.07) is 7.90. The van der Waals surface area contributed by atoms with Crippen LogP contribution in [0.5, 0.6) is 0 Å². The molecule has 1 amide bonds. The van der Waals surface area contributed by atoms with Crippen LogP contribution in [0.25, 0.3) is 0 Å². The van der Waals surface area contributed by atoms with Gasteiger partial charge in [-0.1, -0.05) is 32.9 Å². The lowest BCUT2D eigenvalue weighted by atomic mass is 9.86. The number of amides is 1. The van der Waals surface area contributed by atoms with Crippen LogP contribution in [0.3, 0.4) is 0 Å². The summed E-state index contributed by atoms with van der Waals surface area (Å²) in [7, 11) is 1.83. The van der Waals surface area contributed by atoms with Gasteiger partial charge in [0.05, 0.1) is 0 Å². The Morgan fingerprint density at radius 3 is 2.44 bits per heavy atom. The number of carbonyl (C=O) groups excluding carboxylic acids is 1. The van der Waals surface area contributed by atoms with Crippen LogP contribution in [0.2, 0.25) is 0 Å². The van der Waals surface area contributed by atoms with E-state index in [1.807, 2.05) is 32.2 Å². The molecule has 1 aromatic carbocycles. The topological polar surface area (TPSA) is 20.3 Å². The van der Waals surface area contributed by atoms with E-state index in [1.54, 1.807) is 4.90 Å². The Kier molecular flexibility index (Phi) is 3.74. The molecule has 0 radical (unpaired) electrons. The molecule has 0 aliphatic rings. The Bertz CT molecular complexity index is 377. The molecule has 88 valence electrons. The standard InChI is InChI=1S/C14H21NO/c1-6-15(5)13(16)11-8-7-9-12(10-11)14(2,3)4/h7-10H,6H2,1-5H3. The molecule has 0 aromatic heterocycles. The van der Waals surface area contributed by atoms with Crippen molar-refractivity contribution in [3.8, 4) is 0 Å². The van der Waals surface area contributed by atoms with E-state index in [0.717, 1.165) is 12.1 Å². The van der Waals surface area contributed by atoms with Crippen molar-refractivity contribution in [2.24, 2.45) is 0 Å². The summed E-state index contributed by atoms with van der Waals surface area (Å²) in [4.78, 5) is 13.7. The highest BCUT2D eigenvalue weighted by atomic mass is 16.2. The molecule has 0 spiro atoms. The third-order valence-electron chi connectivity index (χ3n) is 2.80. The summed E-state index contributed by atoms with van der Waals surface area (Å²) in [6.07, 6.45) is 0. The maximum absolute atomic E-state index is 12.0. The lowest BCUT2D eigenvalue weighted by Crippen LogP contribution is -2.26. The van der Waals surface area contributed by atoms with Crippen LogP contribution in [0.1, 0.15) is 43.6 Å². The van der Waals surface area contributed by atoms with Gasteiger partial charge in [-0.3, -0.25) is 4.79 Å². The van der Waals surface area contributed by atoms with Crippen LogP contribution < -0.4 is 0 Å².